The molecule has 0 aromatic heterocycles. The van der Waals surface area contributed by atoms with Crippen molar-refractivity contribution in [3.63, 3.8) is 0 Å². The lowest BCUT2D eigenvalue weighted by atomic mass is 9.95. The van der Waals surface area contributed by atoms with Crippen molar-refractivity contribution in [2.24, 2.45) is 5.92 Å². The molecular weight excluding hydrogens is 332 g/mol. The van der Waals surface area contributed by atoms with Gasteiger partial charge >= 0.3 is 6.03 Å². The van der Waals surface area contributed by atoms with Crippen LogP contribution in [0.4, 0.5) is 4.79 Å². The van der Waals surface area contributed by atoms with Crippen LogP contribution in [0.2, 0.25) is 0 Å². The molecule has 2 atom stereocenters. The van der Waals surface area contributed by atoms with Crippen molar-refractivity contribution in [2.45, 2.75) is 57.0 Å². The first kappa shape index (κ1) is 19.0. The van der Waals surface area contributed by atoms with Gasteiger partial charge in [-0.25, -0.2) is 4.79 Å². The molecule has 2 saturated heterocycles. The smallest absolute Gasteiger partial charge is 0.325 e. The van der Waals surface area contributed by atoms with Gasteiger partial charge in [0.05, 0.1) is 0 Å². The van der Waals surface area contributed by atoms with Gasteiger partial charge in [-0.1, -0.05) is 19.8 Å². The van der Waals surface area contributed by atoms with Gasteiger partial charge in [-0.05, 0) is 31.7 Å². The molecule has 3 N–H and O–H groups in total. The lowest BCUT2D eigenvalue weighted by molar-refractivity contribution is -0.131. The Balaban J connectivity index is 0.00000208. The largest absolute Gasteiger partial charge is 0.352 e. The maximum Gasteiger partial charge on any atom is 0.325 e. The number of carbonyl (C=O) groups is 3. The molecule has 8 heteroatoms. The molecule has 24 heavy (non-hydrogen) atoms. The van der Waals surface area contributed by atoms with Gasteiger partial charge < -0.3 is 16.0 Å². The fourth-order valence-corrected chi connectivity index (χ4v) is 3.87. The van der Waals surface area contributed by atoms with E-state index in [-0.39, 0.29) is 49.3 Å². The van der Waals surface area contributed by atoms with Gasteiger partial charge in [0.15, 0.2) is 0 Å². The molecule has 0 radical (unpaired) electrons. The van der Waals surface area contributed by atoms with Gasteiger partial charge in [-0.3, -0.25) is 14.5 Å². The zero-order chi connectivity index (χ0) is 16.4. The summed E-state index contributed by atoms with van der Waals surface area (Å²) in [5, 5.41) is 9.12. The van der Waals surface area contributed by atoms with E-state index in [0.29, 0.717) is 18.8 Å². The van der Waals surface area contributed by atoms with Gasteiger partial charge in [0.25, 0.3) is 5.91 Å². The Bertz CT molecular complexity index is 508. The molecule has 7 nitrogen and oxygen atoms in total. The minimum atomic E-state index is -0.685. The topological polar surface area (TPSA) is 90.5 Å². The van der Waals surface area contributed by atoms with Crippen LogP contribution in [0.1, 0.15) is 45.4 Å². The van der Waals surface area contributed by atoms with Crippen molar-refractivity contribution in [3.05, 3.63) is 0 Å². The van der Waals surface area contributed by atoms with Crippen molar-refractivity contribution < 1.29 is 14.4 Å². The molecule has 136 valence electrons. The molecule has 0 aromatic rings. The Kier molecular flexibility index (Phi) is 6.09. The van der Waals surface area contributed by atoms with Crippen molar-refractivity contribution in [3.8, 4) is 0 Å². The van der Waals surface area contributed by atoms with Crippen LogP contribution in [0.15, 0.2) is 0 Å². The SMILES string of the molecule is CC1CCNCC1NC(=O)CCN1C(=O)NC2(CCCC2)C1=O.Cl. The predicted molar refractivity (Wildman–Crippen MR) is 91.9 cm³/mol. The number of rotatable bonds is 4. The molecule has 3 fully saturated rings. The highest BCUT2D eigenvalue weighted by molar-refractivity contribution is 6.07. The molecule has 0 aromatic carbocycles. The van der Waals surface area contributed by atoms with Crippen molar-refractivity contribution >= 4 is 30.3 Å². The molecule has 2 aliphatic heterocycles. The molecule has 1 saturated carbocycles. The highest BCUT2D eigenvalue weighted by Gasteiger charge is 2.52. The Hall–Kier alpha value is -1.34. The molecular formula is C16H27ClN4O3. The first-order chi connectivity index (χ1) is 11.0. The number of nitrogens with zero attached hydrogens (tertiary/aromatic N) is 1. The Labute approximate surface area is 148 Å². The molecule has 3 aliphatic rings. The second-order valence-electron chi connectivity index (χ2n) is 7.07. The van der Waals surface area contributed by atoms with E-state index in [9.17, 15) is 14.4 Å². The number of piperidine rings is 1. The predicted octanol–water partition coefficient (Wildman–Crippen LogP) is 0.777. The normalized spacial score (nSPS) is 28.6. The lowest BCUT2D eigenvalue weighted by Gasteiger charge is -2.30. The van der Waals surface area contributed by atoms with Crippen LogP contribution < -0.4 is 16.0 Å². The molecule has 1 spiro atoms. The molecule has 1 aliphatic carbocycles. The summed E-state index contributed by atoms with van der Waals surface area (Å²) in [7, 11) is 0. The third-order valence-electron chi connectivity index (χ3n) is 5.44. The Morgan fingerprint density at radius 3 is 2.71 bits per heavy atom. The summed E-state index contributed by atoms with van der Waals surface area (Å²) in [6.45, 7) is 4.05. The van der Waals surface area contributed by atoms with E-state index in [2.05, 4.69) is 22.9 Å². The maximum atomic E-state index is 12.5. The monoisotopic (exact) mass is 358 g/mol. The molecule has 2 heterocycles. The first-order valence-electron chi connectivity index (χ1n) is 8.66. The molecule has 4 amide bonds. The third kappa shape index (κ3) is 3.67. The Morgan fingerprint density at radius 1 is 1.33 bits per heavy atom. The maximum absolute atomic E-state index is 12.5. The summed E-state index contributed by atoms with van der Waals surface area (Å²) in [5.74, 6) is 0.192. The van der Waals surface area contributed by atoms with E-state index in [0.717, 1.165) is 32.4 Å². The number of carbonyl (C=O) groups excluding carboxylic acids is 3. The number of hydrogen-bond acceptors (Lipinski definition) is 4. The summed E-state index contributed by atoms with van der Waals surface area (Å²) in [4.78, 5) is 37.9. The average Bonchev–Trinajstić information content (AvgIpc) is 3.07. The van der Waals surface area contributed by atoms with Crippen molar-refractivity contribution in [2.75, 3.05) is 19.6 Å². The molecule has 2 unspecified atom stereocenters. The number of urea groups is 1. The lowest BCUT2D eigenvalue weighted by Crippen LogP contribution is -2.50. The molecule has 3 rings (SSSR count). The van der Waals surface area contributed by atoms with Gasteiger partial charge in [-0.2, -0.15) is 0 Å². The van der Waals surface area contributed by atoms with E-state index in [1.165, 1.54) is 4.90 Å². The van der Waals surface area contributed by atoms with Crippen LogP contribution in [-0.2, 0) is 9.59 Å². The highest BCUT2D eigenvalue weighted by Crippen LogP contribution is 2.34. The van der Waals surface area contributed by atoms with Crippen molar-refractivity contribution in [1.82, 2.24) is 20.9 Å². The zero-order valence-corrected chi connectivity index (χ0v) is 14.9. The van der Waals surface area contributed by atoms with E-state index >= 15 is 0 Å². The second kappa shape index (κ2) is 7.70. The van der Waals surface area contributed by atoms with Crippen LogP contribution in [-0.4, -0.2) is 54.0 Å². The standard InChI is InChI=1S/C16H26N4O3.ClH/c1-11-4-8-17-10-12(11)18-13(21)5-9-20-14(22)16(19-15(20)23)6-2-3-7-16;/h11-12,17H,2-10H2,1H3,(H,18,21)(H,19,23);1H. The van der Waals surface area contributed by atoms with Crippen molar-refractivity contribution in [1.29, 1.82) is 0 Å². The van der Waals surface area contributed by atoms with Crippen LogP contribution in [0.3, 0.4) is 0 Å². The van der Waals surface area contributed by atoms with E-state index in [1.54, 1.807) is 0 Å². The number of nitrogens with one attached hydrogen (secondary N) is 3. The summed E-state index contributed by atoms with van der Waals surface area (Å²) in [6.07, 6.45) is 4.57. The Morgan fingerprint density at radius 2 is 2.04 bits per heavy atom. The summed E-state index contributed by atoms with van der Waals surface area (Å²) in [5.41, 5.74) is -0.685. The number of imide groups is 1. The fraction of sp³-hybridized carbons (Fsp3) is 0.812. The third-order valence-corrected chi connectivity index (χ3v) is 5.44. The number of halogens is 1. The average molecular weight is 359 g/mol. The quantitative estimate of drug-likeness (QED) is 0.648. The van der Waals surface area contributed by atoms with Crippen LogP contribution in [0, 0.1) is 5.92 Å². The summed E-state index contributed by atoms with van der Waals surface area (Å²) in [6, 6.07) is -0.224. The van der Waals surface area contributed by atoms with Gasteiger partial charge in [0.1, 0.15) is 5.54 Å². The zero-order valence-electron chi connectivity index (χ0n) is 14.1. The van der Waals surface area contributed by atoms with E-state index in [1.807, 2.05) is 0 Å². The second-order valence-corrected chi connectivity index (χ2v) is 7.07. The summed E-state index contributed by atoms with van der Waals surface area (Å²) >= 11 is 0. The minimum Gasteiger partial charge on any atom is -0.352 e. The van der Waals surface area contributed by atoms with Gasteiger partial charge in [0.2, 0.25) is 5.91 Å². The van der Waals surface area contributed by atoms with Gasteiger partial charge in [0, 0.05) is 25.6 Å². The highest BCUT2D eigenvalue weighted by atomic mass is 35.5. The van der Waals surface area contributed by atoms with Crippen LogP contribution in [0.25, 0.3) is 0 Å². The van der Waals surface area contributed by atoms with Crippen LogP contribution in [0.5, 0.6) is 0 Å². The number of amides is 4. The summed E-state index contributed by atoms with van der Waals surface area (Å²) < 4.78 is 0. The first-order valence-corrected chi connectivity index (χ1v) is 8.66. The van der Waals surface area contributed by atoms with Crippen LogP contribution >= 0.6 is 12.4 Å². The fourth-order valence-electron chi connectivity index (χ4n) is 3.87. The number of hydrogen-bond donors (Lipinski definition) is 3. The minimum absolute atomic E-state index is 0. The molecule has 0 bridgehead atoms. The van der Waals surface area contributed by atoms with Gasteiger partial charge in [-0.15, -0.1) is 12.4 Å². The van der Waals surface area contributed by atoms with E-state index in [4.69, 9.17) is 0 Å². The van der Waals surface area contributed by atoms with E-state index < -0.39 is 5.54 Å².